The van der Waals surface area contributed by atoms with E-state index in [0.717, 1.165) is 23.9 Å². The van der Waals surface area contributed by atoms with Crippen LogP contribution in [0.3, 0.4) is 0 Å². The first-order valence-corrected chi connectivity index (χ1v) is 8.82. The van der Waals surface area contributed by atoms with Crippen LogP contribution in [0, 0.1) is 5.92 Å². The van der Waals surface area contributed by atoms with Gasteiger partial charge in [0.2, 0.25) is 0 Å². The first-order valence-electron chi connectivity index (χ1n) is 8.82. The number of rotatable bonds is 4. The summed E-state index contributed by atoms with van der Waals surface area (Å²) in [6.45, 7) is 7.25. The second-order valence-electron chi connectivity index (χ2n) is 5.78. The van der Waals surface area contributed by atoms with E-state index >= 15 is 0 Å². The lowest BCUT2D eigenvalue weighted by atomic mass is 9.84. The molecule has 0 atom stereocenters. The molecule has 0 radical (unpaired) electrons. The summed E-state index contributed by atoms with van der Waals surface area (Å²) < 4.78 is 0. The van der Waals surface area contributed by atoms with Gasteiger partial charge in [-0.25, -0.2) is 0 Å². The van der Waals surface area contributed by atoms with Gasteiger partial charge in [-0.1, -0.05) is 33.3 Å². The number of nitrogens with one attached hydrogen (secondary N) is 1. The van der Waals surface area contributed by atoms with Crippen molar-refractivity contribution in [3.63, 3.8) is 0 Å². The van der Waals surface area contributed by atoms with Crippen molar-refractivity contribution in [3.05, 3.63) is 23.8 Å². The molecule has 3 nitrogen and oxygen atoms in total. The van der Waals surface area contributed by atoms with Gasteiger partial charge < -0.3 is 5.32 Å². The molecule has 22 heavy (non-hydrogen) atoms. The van der Waals surface area contributed by atoms with E-state index < -0.39 is 0 Å². The lowest BCUT2D eigenvalue weighted by Gasteiger charge is -2.28. The molecule has 0 heterocycles. The lowest BCUT2D eigenvalue weighted by molar-refractivity contribution is 0.290. The molecule has 2 aliphatic rings. The Morgan fingerprint density at radius 2 is 1.64 bits per heavy atom. The highest BCUT2D eigenvalue weighted by atomic mass is 14.9. The van der Waals surface area contributed by atoms with Crippen molar-refractivity contribution >= 4 is 11.4 Å². The van der Waals surface area contributed by atoms with Crippen molar-refractivity contribution in [2.45, 2.75) is 58.9 Å². The molecule has 0 unspecified atom stereocenters. The van der Waals surface area contributed by atoms with Gasteiger partial charge in [0.15, 0.2) is 0 Å². The van der Waals surface area contributed by atoms with E-state index in [4.69, 9.17) is 0 Å². The quantitative estimate of drug-likeness (QED) is 0.776. The molecule has 0 spiro atoms. The fraction of sp³-hybridized carbons (Fsp3) is 0.684. The predicted molar refractivity (Wildman–Crippen MR) is 99.3 cm³/mol. The molecular weight excluding hydrogens is 270 g/mol. The van der Waals surface area contributed by atoms with Crippen molar-refractivity contribution < 1.29 is 0 Å². The van der Waals surface area contributed by atoms with Crippen LogP contribution in [0.25, 0.3) is 0 Å². The number of hydrogen-bond donors (Lipinski definition) is 1. The Bertz CT molecular complexity index is 436. The van der Waals surface area contributed by atoms with Crippen molar-refractivity contribution in [1.82, 2.24) is 5.32 Å². The van der Waals surface area contributed by atoms with Gasteiger partial charge in [0, 0.05) is 26.7 Å². The topological polar surface area (TPSA) is 36.8 Å². The zero-order valence-electron chi connectivity index (χ0n) is 15.0. The van der Waals surface area contributed by atoms with Gasteiger partial charge in [-0.2, -0.15) is 0 Å². The highest BCUT2D eigenvalue weighted by Crippen LogP contribution is 2.26. The maximum atomic E-state index is 4.30. The third kappa shape index (κ3) is 5.53. The summed E-state index contributed by atoms with van der Waals surface area (Å²) in [6.07, 6.45) is 13.1. The van der Waals surface area contributed by atoms with Gasteiger partial charge in [-0.3, -0.25) is 9.98 Å². The SMILES string of the molecule is CC.CCC1CCC(NCC2=CC(=NC)C(=NC)C=C2)CC1. The molecule has 0 bridgehead atoms. The summed E-state index contributed by atoms with van der Waals surface area (Å²) in [5.74, 6) is 0.962. The van der Waals surface area contributed by atoms with E-state index in [-0.39, 0.29) is 0 Å². The van der Waals surface area contributed by atoms with Gasteiger partial charge >= 0.3 is 0 Å². The van der Waals surface area contributed by atoms with Gasteiger partial charge in [0.1, 0.15) is 0 Å². The van der Waals surface area contributed by atoms with Crippen LogP contribution < -0.4 is 5.32 Å². The Labute approximate surface area is 136 Å². The van der Waals surface area contributed by atoms with E-state index in [2.05, 4.69) is 40.5 Å². The Morgan fingerprint density at radius 1 is 1.00 bits per heavy atom. The first kappa shape index (κ1) is 18.8. The summed E-state index contributed by atoms with van der Waals surface area (Å²) in [4.78, 5) is 8.53. The minimum Gasteiger partial charge on any atom is -0.310 e. The fourth-order valence-electron chi connectivity index (χ4n) is 3.08. The highest BCUT2D eigenvalue weighted by molar-refractivity contribution is 6.51. The van der Waals surface area contributed by atoms with Crippen LogP contribution in [0.1, 0.15) is 52.9 Å². The van der Waals surface area contributed by atoms with E-state index in [9.17, 15) is 0 Å². The van der Waals surface area contributed by atoms with Crippen LogP contribution in [0.15, 0.2) is 33.8 Å². The summed E-state index contributed by atoms with van der Waals surface area (Å²) in [5.41, 5.74) is 3.26. The van der Waals surface area contributed by atoms with Gasteiger partial charge in [0.05, 0.1) is 11.4 Å². The minimum atomic E-state index is 0.690. The number of allylic oxidation sites excluding steroid dienone is 2. The predicted octanol–water partition coefficient (Wildman–Crippen LogP) is 4.21. The molecule has 0 amide bonds. The van der Waals surface area contributed by atoms with Crippen LogP contribution in [-0.4, -0.2) is 38.1 Å². The van der Waals surface area contributed by atoms with Crippen LogP contribution >= 0.6 is 0 Å². The van der Waals surface area contributed by atoms with Crippen LogP contribution in [-0.2, 0) is 0 Å². The average Bonchev–Trinajstić information content (AvgIpc) is 2.61. The molecule has 0 aliphatic heterocycles. The molecule has 0 aromatic carbocycles. The van der Waals surface area contributed by atoms with Crippen LogP contribution in [0.2, 0.25) is 0 Å². The molecule has 124 valence electrons. The van der Waals surface area contributed by atoms with E-state index in [1.807, 2.05) is 27.9 Å². The van der Waals surface area contributed by atoms with Gasteiger partial charge in [-0.15, -0.1) is 0 Å². The Morgan fingerprint density at radius 3 is 2.18 bits per heavy atom. The number of hydrogen-bond acceptors (Lipinski definition) is 3. The molecule has 1 N–H and O–H groups in total. The van der Waals surface area contributed by atoms with Gasteiger partial charge in [0.25, 0.3) is 0 Å². The zero-order valence-corrected chi connectivity index (χ0v) is 15.0. The average molecular weight is 303 g/mol. The Hall–Kier alpha value is -1.22. The fourth-order valence-corrected chi connectivity index (χ4v) is 3.08. The molecule has 0 saturated heterocycles. The third-order valence-electron chi connectivity index (χ3n) is 4.54. The van der Waals surface area contributed by atoms with E-state index in [1.54, 1.807) is 0 Å². The smallest absolute Gasteiger partial charge is 0.0825 e. The molecular formula is C19H33N3. The van der Waals surface area contributed by atoms with Crippen LogP contribution in [0.5, 0.6) is 0 Å². The van der Waals surface area contributed by atoms with Gasteiger partial charge in [-0.05, 0) is 49.3 Å². The Kier molecular flexibility index (Phi) is 8.98. The summed E-state index contributed by atoms with van der Waals surface area (Å²) in [7, 11) is 3.64. The summed E-state index contributed by atoms with van der Waals surface area (Å²) >= 11 is 0. The van der Waals surface area contributed by atoms with Crippen LogP contribution in [0.4, 0.5) is 0 Å². The Balaban J connectivity index is 0.00000116. The van der Waals surface area contributed by atoms with Crippen molar-refractivity contribution in [3.8, 4) is 0 Å². The molecule has 2 aliphatic carbocycles. The van der Waals surface area contributed by atoms with Crippen molar-refractivity contribution in [2.24, 2.45) is 15.9 Å². The monoisotopic (exact) mass is 303 g/mol. The van der Waals surface area contributed by atoms with E-state index in [0.29, 0.717) is 6.04 Å². The second-order valence-corrected chi connectivity index (χ2v) is 5.78. The van der Waals surface area contributed by atoms with Crippen molar-refractivity contribution in [1.29, 1.82) is 0 Å². The molecule has 3 heteroatoms. The maximum Gasteiger partial charge on any atom is 0.0825 e. The number of nitrogens with zero attached hydrogens (tertiary/aromatic N) is 2. The second kappa shape index (κ2) is 10.5. The molecule has 0 aromatic heterocycles. The highest BCUT2D eigenvalue weighted by Gasteiger charge is 2.19. The third-order valence-corrected chi connectivity index (χ3v) is 4.54. The molecule has 0 aromatic rings. The summed E-state index contributed by atoms with van der Waals surface area (Å²) in [5, 5.41) is 3.70. The molecule has 1 fully saturated rings. The van der Waals surface area contributed by atoms with Crippen molar-refractivity contribution in [2.75, 3.05) is 20.6 Å². The zero-order chi connectivity index (χ0) is 16.4. The molecule has 1 saturated carbocycles. The maximum absolute atomic E-state index is 4.30. The van der Waals surface area contributed by atoms with E-state index in [1.165, 1.54) is 37.7 Å². The first-order chi connectivity index (χ1) is 10.8. The number of aliphatic imine (C=N–C) groups is 2. The largest absolute Gasteiger partial charge is 0.310 e. The standard InChI is InChI=1S/C17H27N3.C2H6/c1-4-13-5-8-15(9-6-13)20-12-14-7-10-16(18-2)17(11-14)19-3;1-2/h7,10-11,13,15,20H,4-6,8-9,12H2,1-3H3;1-2H3. The minimum absolute atomic E-state index is 0.690. The summed E-state index contributed by atoms with van der Waals surface area (Å²) in [6, 6.07) is 0.690. The normalized spacial score (nSPS) is 28.3. The lowest BCUT2D eigenvalue weighted by Crippen LogP contribution is -2.34. The molecule has 2 rings (SSSR count).